The summed E-state index contributed by atoms with van der Waals surface area (Å²) in [7, 11) is 1.67. The lowest BCUT2D eigenvalue weighted by Crippen LogP contribution is -2.18. The third kappa shape index (κ3) is 6.94. The second kappa shape index (κ2) is 9.98. The second-order valence-electron chi connectivity index (χ2n) is 5.35. The fraction of sp³-hybridized carbons (Fsp3) is 0.421. The first-order valence-corrected chi connectivity index (χ1v) is 7.83. The van der Waals surface area contributed by atoms with Crippen LogP contribution in [0.15, 0.2) is 47.6 Å². The van der Waals surface area contributed by atoms with Gasteiger partial charge in [0.1, 0.15) is 0 Å². The van der Waals surface area contributed by atoms with Crippen molar-refractivity contribution in [1.82, 2.24) is 5.32 Å². The third-order valence-electron chi connectivity index (χ3n) is 3.46. The van der Waals surface area contributed by atoms with Gasteiger partial charge in [0.25, 0.3) is 0 Å². The molecule has 0 radical (unpaired) electrons. The Morgan fingerprint density at radius 3 is 2.48 bits per heavy atom. The maximum Gasteiger partial charge on any atom is 0.246 e. The van der Waals surface area contributed by atoms with Crippen molar-refractivity contribution in [3.63, 3.8) is 0 Å². The van der Waals surface area contributed by atoms with Crippen LogP contribution in [-0.4, -0.2) is 13.0 Å². The Bertz CT molecular complexity index is 486. The molecule has 2 heteroatoms. The molecule has 0 atom stereocenters. The van der Waals surface area contributed by atoms with Crippen LogP contribution in [0.4, 0.5) is 0 Å². The highest BCUT2D eigenvalue weighted by molar-refractivity contribution is 5.93. The van der Waals surface area contributed by atoms with Gasteiger partial charge in [-0.05, 0) is 30.9 Å². The van der Waals surface area contributed by atoms with Gasteiger partial charge in [0, 0.05) is 12.6 Å². The van der Waals surface area contributed by atoms with E-state index in [9.17, 15) is 4.79 Å². The Morgan fingerprint density at radius 1 is 1.14 bits per heavy atom. The van der Waals surface area contributed by atoms with Crippen molar-refractivity contribution in [2.24, 2.45) is 0 Å². The molecule has 0 aliphatic carbocycles. The van der Waals surface area contributed by atoms with Crippen molar-refractivity contribution in [3.8, 4) is 0 Å². The smallest absolute Gasteiger partial charge is 0.246 e. The zero-order chi connectivity index (χ0) is 15.5. The zero-order valence-corrected chi connectivity index (χ0v) is 13.5. The maximum absolute atomic E-state index is 11.7. The number of hydrogen-bond acceptors (Lipinski definition) is 1. The molecule has 1 aromatic rings. The highest BCUT2D eigenvalue weighted by atomic mass is 16.1. The average Bonchev–Trinajstić information content (AvgIpc) is 2.51. The van der Waals surface area contributed by atoms with E-state index in [2.05, 4.69) is 30.4 Å². The van der Waals surface area contributed by atoms with Crippen LogP contribution in [0.3, 0.4) is 0 Å². The van der Waals surface area contributed by atoms with Gasteiger partial charge in [-0.15, -0.1) is 0 Å². The van der Waals surface area contributed by atoms with Gasteiger partial charge in [-0.2, -0.15) is 0 Å². The van der Waals surface area contributed by atoms with Crippen LogP contribution in [0.25, 0.3) is 6.08 Å². The molecule has 1 N–H and O–H groups in total. The Kier molecular flexibility index (Phi) is 8.18. The van der Waals surface area contributed by atoms with Crippen molar-refractivity contribution in [2.45, 2.75) is 46.0 Å². The molecule has 0 aromatic heterocycles. The molecule has 1 rings (SSSR count). The lowest BCUT2D eigenvalue weighted by atomic mass is 10.0. The average molecular weight is 285 g/mol. The SMILES string of the molecule is CCCCCCC(/C=C(/C)C(=O)NC)=C\c1ccccc1. The molecule has 0 fully saturated rings. The number of unbranched alkanes of at least 4 members (excludes halogenated alkanes) is 3. The van der Waals surface area contributed by atoms with Crippen LogP contribution in [0.5, 0.6) is 0 Å². The molecule has 0 unspecified atom stereocenters. The summed E-state index contributed by atoms with van der Waals surface area (Å²) in [6.45, 7) is 4.08. The molecule has 21 heavy (non-hydrogen) atoms. The number of benzene rings is 1. The fourth-order valence-corrected chi connectivity index (χ4v) is 2.25. The summed E-state index contributed by atoms with van der Waals surface area (Å²) in [5.41, 5.74) is 3.16. The fourth-order valence-electron chi connectivity index (χ4n) is 2.25. The van der Waals surface area contributed by atoms with Crippen LogP contribution in [0.2, 0.25) is 0 Å². The van der Waals surface area contributed by atoms with E-state index < -0.39 is 0 Å². The van der Waals surface area contributed by atoms with Gasteiger partial charge < -0.3 is 5.32 Å². The van der Waals surface area contributed by atoms with E-state index in [0.717, 1.165) is 12.0 Å². The van der Waals surface area contributed by atoms with Crippen LogP contribution >= 0.6 is 0 Å². The molecule has 0 saturated carbocycles. The minimum Gasteiger partial charge on any atom is -0.355 e. The van der Waals surface area contributed by atoms with Crippen LogP contribution in [0, 0.1) is 0 Å². The van der Waals surface area contributed by atoms with Gasteiger partial charge in [0.15, 0.2) is 0 Å². The normalized spacial score (nSPS) is 12.3. The first-order chi connectivity index (χ1) is 10.2. The van der Waals surface area contributed by atoms with Crippen molar-refractivity contribution in [2.75, 3.05) is 7.05 Å². The minimum absolute atomic E-state index is 0.0116. The highest BCUT2D eigenvalue weighted by Gasteiger charge is 2.03. The zero-order valence-electron chi connectivity index (χ0n) is 13.5. The van der Waals surface area contributed by atoms with E-state index in [1.165, 1.54) is 36.8 Å². The van der Waals surface area contributed by atoms with E-state index in [0.29, 0.717) is 0 Å². The molecule has 2 nitrogen and oxygen atoms in total. The van der Waals surface area contributed by atoms with Gasteiger partial charge in [-0.25, -0.2) is 0 Å². The van der Waals surface area contributed by atoms with Crippen molar-refractivity contribution < 1.29 is 4.79 Å². The Morgan fingerprint density at radius 2 is 1.86 bits per heavy atom. The predicted octanol–water partition coefficient (Wildman–Crippen LogP) is 4.73. The first kappa shape index (κ1) is 17.2. The van der Waals surface area contributed by atoms with Crippen LogP contribution in [-0.2, 0) is 4.79 Å². The summed E-state index contributed by atoms with van der Waals surface area (Å²) < 4.78 is 0. The third-order valence-corrected chi connectivity index (χ3v) is 3.46. The van der Waals surface area contributed by atoms with Crippen LogP contribution < -0.4 is 5.32 Å². The number of hydrogen-bond donors (Lipinski definition) is 1. The molecule has 0 heterocycles. The van der Waals surface area contributed by atoms with Gasteiger partial charge in [0.2, 0.25) is 5.91 Å². The summed E-state index contributed by atoms with van der Waals surface area (Å²) in [6.07, 6.45) is 10.1. The van der Waals surface area contributed by atoms with Gasteiger partial charge >= 0.3 is 0 Å². The summed E-state index contributed by atoms with van der Waals surface area (Å²) in [5, 5.41) is 2.68. The number of likely N-dealkylation sites (N-methyl/N-ethyl adjacent to an activating group) is 1. The summed E-state index contributed by atoms with van der Waals surface area (Å²) in [5.74, 6) is -0.0116. The molecule has 1 amide bonds. The summed E-state index contributed by atoms with van der Waals surface area (Å²) in [4.78, 5) is 11.7. The van der Waals surface area contributed by atoms with Crippen molar-refractivity contribution >= 4 is 12.0 Å². The number of rotatable bonds is 8. The van der Waals surface area contributed by atoms with E-state index in [1.807, 2.05) is 31.2 Å². The second-order valence-corrected chi connectivity index (χ2v) is 5.35. The van der Waals surface area contributed by atoms with Gasteiger partial charge in [-0.1, -0.05) is 68.7 Å². The molecule has 114 valence electrons. The van der Waals surface area contributed by atoms with E-state index in [1.54, 1.807) is 7.05 Å². The van der Waals surface area contributed by atoms with Crippen LogP contribution in [0.1, 0.15) is 51.5 Å². The van der Waals surface area contributed by atoms with E-state index in [4.69, 9.17) is 0 Å². The Balaban J connectivity index is 2.84. The summed E-state index contributed by atoms with van der Waals surface area (Å²) in [6, 6.07) is 10.3. The molecule has 0 bridgehead atoms. The molecule has 0 aliphatic rings. The quantitative estimate of drug-likeness (QED) is 0.417. The standard InChI is InChI=1S/C19H27NO/c1-4-5-6-8-13-18(14-16(2)19(21)20-3)15-17-11-9-7-10-12-17/h7,9-12,14-15H,4-6,8,13H2,1-3H3,(H,20,21)/b16-14-,18-15+. The van der Waals surface area contributed by atoms with Gasteiger partial charge in [0.05, 0.1) is 0 Å². The number of allylic oxidation sites excluding steroid dienone is 2. The van der Waals surface area contributed by atoms with Crippen molar-refractivity contribution in [1.29, 1.82) is 0 Å². The molecule has 0 saturated heterocycles. The molecular weight excluding hydrogens is 258 g/mol. The topological polar surface area (TPSA) is 29.1 Å². The summed E-state index contributed by atoms with van der Waals surface area (Å²) >= 11 is 0. The maximum atomic E-state index is 11.7. The van der Waals surface area contributed by atoms with E-state index in [-0.39, 0.29) is 5.91 Å². The number of nitrogens with one attached hydrogen (secondary N) is 1. The first-order valence-electron chi connectivity index (χ1n) is 7.83. The number of carbonyl (C=O) groups is 1. The van der Waals surface area contributed by atoms with E-state index >= 15 is 0 Å². The molecule has 0 spiro atoms. The molecule has 1 aromatic carbocycles. The predicted molar refractivity (Wildman–Crippen MR) is 91.0 cm³/mol. The van der Waals surface area contributed by atoms with Gasteiger partial charge in [-0.3, -0.25) is 4.79 Å². The number of amides is 1. The Hall–Kier alpha value is -1.83. The lowest BCUT2D eigenvalue weighted by molar-refractivity contribution is -0.116. The van der Waals surface area contributed by atoms with Crippen molar-refractivity contribution in [3.05, 3.63) is 53.1 Å². The molecular formula is C19H27NO. The minimum atomic E-state index is -0.0116. The monoisotopic (exact) mass is 285 g/mol. The number of carbonyl (C=O) groups excluding carboxylic acids is 1. The lowest BCUT2D eigenvalue weighted by Gasteiger charge is -2.06. The highest BCUT2D eigenvalue weighted by Crippen LogP contribution is 2.17. The molecule has 0 aliphatic heterocycles. The Labute approximate surface area is 129 Å². The largest absolute Gasteiger partial charge is 0.355 e.